The highest BCUT2D eigenvalue weighted by atomic mass is 32.2. The molecular weight excluding hydrogens is 527 g/mol. The molecule has 1 atom stereocenters. The van der Waals surface area contributed by atoms with Crippen LogP contribution in [0.1, 0.15) is 11.3 Å². The lowest BCUT2D eigenvalue weighted by molar-refractivity contribution is -0.120. The number of methoxy groups -OCH3 is 1. The summed E-state index contributed by atoms with van der Waals surface area (Å²) in [6.07, 6.45) is 0.0895. The quantitative estimate of drug-likeness (QED) is 0.306. The van der Waals surface area contributed by atoms with Gasteiger partial charge in [-0.15, -0.1) is 0 Å². The largest absolute Gasteiger partial charge is 0.505 e. The highest BCUT2D eigenvalue weighted by molar-refractivity contribution is 7.88. The number of hydrogen-bond acceptors (Lipinski definition) is 6. The topological polar surface area (TPSA) is 130 Å². The molecule has 12 heteroatoms. The van der Waals surface area contributed by atoms with Gasteiger partial charge < -0.3 is 20.1 Å². The van der Waals surface area contributed by atoms with Gasteiger partial charge in [-0.2, -0.15) is 8.42 Å². The van der Waals surface area contributed by atoms with Gasteiger partial charge in [0.2, 0.25) is 5.91 Å². The number of nitrogens with zero attached hydrogens (tertiary/aromatic N) is 2. The van der Waals surface area contributed by atoms with Crippen LogP contribution in [0, 0.1) is 12.7 Å². The van der Waals surface area contributed by atoms with Crippen molar-refractivity contribution in [3.63, 3.8) is 0 Å². The summed E-state index contributed by atoms with van der Waals surface area (Å²) in [7, 11) is -1.48. The van der Waals surface area contributed by atoms with Gasteiger partial charge in [0.05, 0.1) is 12.6 Å². The molecule has 3 aromatic carbocycles. The second-order valence-electron chi connectivity index (χ2n) is 8.83. The number of aromatic hydroxyl groups is 1. The summed E-state index contributed by atoms with van der Waals surface area (Å²) in [5.41, 5.74) is 1.43. The molecule has 0 bridgehead atoms. The number of ether oxygens (including phenoxy) is 1. The highest BCUT2D eigenvalue weighted by Gasteiger charge is 2.28. The van der Waals surface area contributed by atoms with Gasteiger partial charge in [0.15, 0.2) is 11.6 Å². The van der Waals surface area contributed by atoms with Crippen molar-refractivity contribution in [3.8, 4) is 11.5 Å². The average molecular weight is 555 g/mol. The third-order valence-electron chi connectivity index (χ3n) is 6.14. The molecule has 0 aliphatic heterocycles. The molecule has 4 aromatic rings. The highest BCUT2D eigenvalue weighted by Crippen LogP contribution is 2.27. The predicted molar refractivity (Wildman–Crippen MR) is 145 cm³/mol. The van der Waals surface area contributed by atoms with Crippen LogP contribution in [0.15, 0.2) is 72.8 Å². The molecule has 0 unspecified atom stereocenters. The number of phenols is 1. The Bertz CT molecular complexity index is 1620. The summed E-state index contributed by atoms with van der Waals surface area (Å²) in [5.74, 6) is -1.53. The van der Waals surface area contributed by atoms with Gasteiger partial charge in [0.25, 0.3) is 0 Å². The Kier molecular flexibility index (Phi) is 7.77. The van der Waals surface area contributed by atoms with Crippen LogP contribution >= 0.6 is 0 Å². The van der Waals surface area contributed by atoms with Crippen molar-refractivity contribution in [2.75, 3.05) is 19.1 Å². The number of aryl methyl sites for hydroxylation is 1. The molecule has 0 spiro atoms. The van der Waals surface area contributed by atoms with E-state index >= 15 is 0 Å². The molecule has 1 aromatic heterocycles. The Morgan fingerprint density at radius 1 is 1.08 bits per heavy atom. The van der Waals surface area contributed by atoms with Crippen LogP contribution in [0.3, 0.4) is 0 Å². The van der Waals surface area contributed by atoms with Gasteiger partial charge in [-0.3, -0.25) is 4.79 Å². The first-order valence-corrected chi connectivity index (χ1v) is 13.2. The number of carbonyl (C=O) groups excluding carboxylic acids is 2. The Morgan fingerprint density at radius 3 is 2.38 bits per heavy atom. The number of likely N-dealkylation sites (N-methyl/N-ethyl adjacent to an activating group) is 1. The minimum atomic E-state index is -4.55. The number of fused-ring (bicyclic) bond motifs is 1. The number of nitrogens with one attached hydrogen (secondary N) is 2. The summed E-state index contributed by atoms with van der Waals surface area (Å²) in [4.78, 5) is 27.8. The van der Waals surface area contributed by atoms with Crippen LogP contribution in [0.4, 0.5) is 14.9 Å². The normalized spacial score (nSPS) is 12.1. The van der Waals surface area contributed by atoms with Gasteiger partial charge in [-0.1, -0.05) is 30.3 Å². The third kappa shape index (κ3) is 5.96. The first-order chi connectivity index (χ1) is 18.5. The lowest BCUT2D eigenvalue weighted by Crippen LogP contribution is -2.53. The predicted octanol–water partition coefficient (Wildman–Crippen LogP) is 3.47. The Morgan fingerprint density at radius 2 is 1.74 bits per heavy atom. The smallest absolute Gasteiger partial charge is 0.331 e. The molecule has 3 amide bonds. The molecule has 0 fully saturated rings. The van der Waals surface area contributed by atoms with Gasteiger partial charge in [-0.25, -0.2) is 17.9 Å². The zero-order valence-corrected chi connectivity index (χ0v) is 22.2. The molecular formula is C27H27FN4O6S. The number of anilines is 1. The van der Waals surface area contributed by atoms with Crippen molar-refractivity contribution in [1.29, 1.82) is 0 Å². The number of carbonyl (C=O) groups is 2. The van der Waals surface area contributed by atoms with Crippen molar-refractivity contribution in [3.05, 3.63) is 89.9 Å². The van der Waals surface area contributed by atoms with E-state index in [9.17, 15) is 27.5 Å². The van der Waals surface area contributed by atoms with Crippen molar-refractivity contribution >= 4 is 38.7 Å². The van der Waals surface area contributed by atoms with E-state index in [-0.39, 0.29) is 23.0 Å². The lowest BCUT2D eigenvalue weighted by Gasteiger charge is -2.25. The number of urea groups is 1. The van der Waals surface area contributed by atoms with E-state index in [1.54, 1.807) is 55.6 Å². The fraction of sp³-hybridized carbons (Fsp3) is 0.185. The van der Waals surface area contributed by atoms with Crippen LogP contribution in [0.25, 0.3) is 10.9 Å². The summed E-state index contributed by atoms with van der Waals surface area (Å²) in [5, 5.41) is 12.5. The van der Waals surface area contributed by atoms with E-state index in [0.717, 1.165) is 21.7 Å². The number of aromatic nitrogens is 1. The molecule has 4 rings (SSSR count). The number of phenolic OH excluding ortho intramolecular Hbond substituents is 1. The third-order valence-corrected chi connectivity index (χ3v) is 7.55. The molecule has 3 N–H and O–H groups in total. The average Bonchev–Trinajstić information content (AvgIpc) is 3.23. The number of halogens is 1. The first-order valence-electron chi connectivity index (χ1n) is 11.8. The lowest BCUT2D eigenvalue weighted by atomic mass is 10.0. The van der Waals surface area contributed by atoms with Crippen LogP contribution in [0.2, 0.25) is 0 Å². The number of rotatable bonds is 8. The maximum absolute atomic E-state index is 13.8. The maximum Gasteiger partial charge on any atom is 0.331 e. The van der Waals surface area contributed by atoms with E-state index in [4.69, 9.17) is 4.74 Å². The fourth-order valence-corrected chi connectivity index (χ4v) is 5.45. The van der Waals surface area contributed by atoms with E-state index in [2.05, 4.69) is 5.32 Å². The molecule has 10 nitrogen and oxygen atoms in total. The summed E-state index contributed by atoms with van der Waals surface area (Å²) in [6.45, 7) is 1.46. The number of hydrogen-bond donors (Lipinski definition) is 3. The second kappa shape index (κ2) is 11.0. The number of amides is 3. The molecule has 204 valence electrons. The summed E-state index contributed by atoms with van der Waals surface area (Å²) in [6, 6.07) is 16.8. The SMILES string of the molecule is COc1ccc(N(C)C(=O)[C@H](Cc2ccccc2)NC(=O)NS(=O)(=O)n2c(C)cc3cc(F)c(O)cc32)cc1. The fourth-order valence-electron chi connectivity index (χ4n) is 4.22. The zero-order chi connectivity index (χ0) is 28.3. The van der Waals surface area contributed by atoms with Gasteiger partial charge >= 0.3 is 16.2 Å². The van der Waals surface area contributed by atoms with Crippen LogP contribution in [-0.2, 0) is 21.4 Å². The Balaban J connectivity index is 1.59. The van der Waals surface area contributed by atoms with Crippen LogP contribution < -0.4 is 19.7 Å². The number of benzene rings is 3. The van der Waals surface area contributed by atoms with Crippen LogP contribution in [-0.4, -0.2) is 49.6 Å². The van der Waals surface area contributed by atoms with Crippen molar-refractivity contribution in [2.24, 2.45) is 0 Å². The van der Waals surface area contributed by atoms with Crippen LogP contribution in [0.5, 0.6) is 11.5 Å². The minimum absolute atomic E-state index is 0.0251. The second-order valence-corrected chi connectivity index (χ2v) is 10.4. The van der Waals surface area contributed by atoms with E-state index < -0.39 is 39.8 Å². The molecule has 0 saturated carbocycles. The minimum Gasteiger partial charge on any atom is -0.505 e. The van der Waals surface area contributed by atoms with Gasteiger partial charge in [0.1, 0.15) is 11.8 Å². The summed E-state index contributed by atoms with van der Waals surface area (Å²) < 4.78 is 48.0. The van der Waals surface area contributed by atoms with Crippen molar-refractivity contribution in [2.45, 2.75) is 19.4 Å². The van der Waals surface area contributed by atoms with E-state index in [1.165, 1.54) is 25.0 Å². The molecule has 0 aliphatic carbocycles. The van der Waals surface area contributed by atoms with Gasteiger partial charge in [-0.05, 0) is 48.9 Å². The Labute approximate surface area is 224 Å². The van der Waals surface area contributed by atoms with E-state index in [0.29, 0.717) is 11.4 Å². The van der Waals surface area contributed by atoms with E-state index in [1.807, 2.05) is 10.8 Å². The molecule has 39 heavy (non-hydrogen) atoms. The van der Waals surface area contributed by atoms with Crippen molar-refractivity contribution in [1.82, 2.24) is 14.0 Å². The Hall–Kier alpha value is -4.58. The monoisotopic (exact) mass is 554 g/mol. The molecule has 0 aliphatic rings. The standard InChI is InChI=1S/C27H27FN4O6S/c1-17-13-19-15-22(28)25(33)16-24(19)32(17)39(36,37)30-27(35)29-23(14-18-7-5-4-6-8-18)26(34)31(2)20-9-11-21(38-3)12-10-20/h4-13,15-16,23,33H,14H2,1-3H3,(H2,29,30,35)/t23-/m0/s1. The zero-order valence-electron chi connectivity index (χ0n) is 21.4. The van der Waals surface area contributed by atoms with Gasteiger partial charge in [0, 0.05) is 36.3 Å². The molecule has 0 radical (unpaired) electrons. The molecule has 0 saturated heterocycles. The molecule has 1 heterocycles. The van der Waals surface area contributed by atoms with Crippen molar-refractivity contribution < 1.29 is 32.2 Å². The maximum atomic E-state index is 13.8. The summed E-state index contributed by atoms with van der Waals surface area (Å²) >= 11 is 0. The first kappa shape index (κ1) is 27.5.